The van der Waals surface area contributed by atoms with Crippen LogP contribution in [0.5, 0.6) is 0 Å². The third-order valence-electron chi connectivity index (χ3n) is 5.79. The molecular weight excluding hydrogens is 368 g/mol. The average Bonchev–Trinajstić information content (AvgIpc) is 3.25. The first kappa shape index (κ1) is 17.8. The lowest BCUT2D eigenvalue weighted by atomic mass is 10.1. The van der Waals surface area contributed by atoms with Crippen molar-refractivity contribution < 1.29 is 4.79 Å². The number of imidazole rings is 1. The summed E-state index contributed by atoms with van der Waals surface area (Å²) in [7, 11) is 0. The minimum atomic E-state index is 0.188. The van der Waals surface area contributed by atoms with Crippen molar-refractivity contribution in [1.82, 2.24) is 19.6 Å². The van der Waals surface area contributed by atoms with Gasteiger partial charge in [0.1, 0.15) is 5.65 Å². The summed E-state index contributed by atoms with van der Waals surface area (Å²) < 4.78 is 2.04. The van der Waals surface area contributed by atoms with Crippen molar-refractivity contribution in [1.29, 1.82) is 0 Å². The summed E-state index contributed by atoms with van der Waals surface area (Å²) in [5.74, 6) is 1.00. The maximum Gasteiger partial charge on any atom is 0.254 e. The topological polar surface area (TPSA) is 49.6 Å². The second-order valence-electron chi connectivity index (χ2n) is 7.60. The van der Waals surface area contributed by atoms with Crippen LogP contribution in [-0.4, -0.2) is 45.4 Å². The van der Waals surface area contributed by atoms with E-state index in [1.54, 1.807) is 11.8 Å². The summed E-state index contributed by atoms with van der Waals surface area (Å²) in [4.78, 5) is 21.0. The van der Waals surface area contributed by atoms with Crippen LogP contribution in [0.2, 0.25) is 0 Å². The van der Waals surface area contributed by atoms with E-state index in [-0.39, 0.29) is 5.91 Å². The number of hydrogen-bond acceptors (Lipinski definition) is 4. The number of nitrogens with one attached hydrogen (secondary N) is 1. The highest BCUT2D eigenvalue weighted by Gasteiger charge is 2.38. The Morgan fingerprint density at radius 1 is 1.11 bits per heavy atom. The van der Waals surface area contributed by atoms with Gasteiger partial charge < -0.3 is 14.6 Å². The molecule has 0 aliphatic carbocycles. The number of rotatable bonds is 4. The zero-order valence-electron chi connectivity index (χ0n) is 15.8. The van der Waals surface area contributed by atoms with Crippen LogP contribution in [-0.2, 0) is 5.75 Å². The highest BCUT2D eigenvalue weighted by Crippen LogP contribution is 2.30. The van der Waals surface area contributed by atoms with Crippen LogP contribution in [0, 0.1) is 0 Å². The molecule has 1 aromatic carbocycles. The minimum absolute atomic E-state index is 0.188. The zero-order valence-corrected chi connectivity index (χ0v) is 16.6. The van der Waals surface area contributed by atoms with Crippen LogP contribution >= 0.6 is 11.8 Å². The second kappa shape index (κ2) is 7.60. The van der Waals surface area contributed by atoms with Crippen LogP contribution in [0.25, 0.3) is 5.65 Å². The number of thioether (sulfide) groups is 1. The van der Waals surface area contributed by atoms with Crippen molar-refractivity contribution in [3.63, 3.8) is 0 Å². The predicted octanol–water partition coefficient (Wildman–Crippen LogP) is 3.59. The van der Waals surface area contributed by atoms with E-state index in [1.807, 2.05) is 40.9 Å². The van der Waals surface area contributed by atoms with Gasteiger partial charge in [0, 0.05) is 47.2 Å². The summed E-state index contributed by atoms with van der Waals surface area (Å²) in [6.45, 7) is 1.94. The van der Waals surface area contributed by atoms with Gasteiger partial charge in [-0.25, -0.2) is 4.98 Å². The minimum Gasteiger partial charge on any atom is -0.331 e. The molecule has 2 fully saturated rings. The molecule has 4 heterocycles. The fourth-order valence-electron chi connectivity index (χ4n) is 4.37. The molecule has 0 radical (unpaired) electrons. The SMILES string of the molecule is O=C(c1ccc(SCc2cn3ccccc3n2)cc1)N1C2CCNCC1CC2. The molecule has 3 aromatic rings. The summed E-state index contributed by atoms with van der Waals surface area (Å²) in [5, 5.41) is 3.46. The molecule has 5 nitrogen and oxygen atoms in total. The van der Waals surface area contributed by atoms with E-state index in [0.29, 0.717) is 12.1 Å². The van der Waals surface area contributed by atoms with Gasteiger partial charge in [0.2, 0.25) is 0 Å². The first-order chi connectivity index (χ1) is 13.8. The quantitative estimate of drug-likeness (QED) is 0.690. The average molecular weight is 393 g/mol. The molecule has 0 saturated carbocycles. The van der Waals surface area contributed by atoms with Crippen molar-refractivity contribution in [2.75, 3.05) is 13.1 Å². The van der Waals surface area contributed by atoms with Crippen LogP contribution < -0.4 is 5.32 Å². The van der Waals surface area contributed by atoms with Crippen LogP contribution in [0.1, 0.15) is 35.3 Å². The maximum atomic E-state index is 13.1. The van der Waals surface area contributed by atoms with Gasteiger partial charge in [-0.15, -0.1) is 11.8 Å². The number of fused-ring (bicyclic) bond motifs is 3. The number of nitrogens with zero attached hydrogens (tertiary/aromatic N) is 3. The predicted molar refractivity (Wildman–Crippen MR) is 112 cm³/mol. The molecule has 2 unspecified atom stereocenters. The molecule has 2 aromatic heterocycles. The molecule has 1 amide bonds. The lowest BCUT2D eigenvalue weighted by Crippen LogP contribution is -2.42. The molecule has 144 valence electrons. The van der Waals surface area contributed by atoms with E-state index in [4.69, 9.17) is 0 Å². The third kappa shape index (κ3) is 3.42. The molecule has 2 bridgehead atoms. The number of amides is 1. The van der Waals surface area contributed by atoms with Gasteiger partial charge in [0.15, 0.2) is 0 Å². The number of carbonyl (C=O) groups excluding carboxylic acids is 1. The molecule has 2 aliphatic heterocycles. The number of benzene rings is 1. The van der Waals surface area contributed by atoms with Gasteiger partial charge in [0.05, 0.1) is 5.69 Å². The van der Waals surface area contributed by atoms with Gasteiger partial charge in [-0.1, -0.05) is 6.07 Å². The summed E-state index contributed by atoms with van der Waals surface area (Å²) in [6, 6.07) is 14.9. The number of pyridine rings is 1. The monoisotopic (exact) mass is 392 g/mol. The molecular formula is C22H24N4OS. The Morgan fingerprint density at radius 3 is 2.82 bits per heavy atom. The van der Waals surface area contributed by atoms with E-state index in [0.717, 1.165) is 59.9 Å². The molecule has 2 saturated heterocycles. The van der Waals surface area contributed by atoms with Crippen LogP contribution in [0.15, 0.2) is 59.8 Å². The van der Waals surface area contributed by atoms with Gasteiger partial charge in [0.25, 0.3) is 5.91 Å². The van der Waals surface area contributed by atoms with Gasteiger partial charge in [-0.2, -0.15) is 0 Å². The Morgan fingerprint density at radius 2 is 1.96 bits per heavy atom. The fourth-order valence-corrected chi connectivity index (χ4v) is 5.15. The zero-order chi connectivity index (χ0) is 18.9. The van der Waals surface area contributed by atoms with Gasteiger partial charge in [-0.3, -0.25) is 4.79 Å². The fraction of sp³-hybridized carbons (Fsp3) is 0.364. The summed E-state index contributed by atoms with van der Waals surface area (Å²) in [5.41, 5.74) is 2.83. The van der Waals surface area contributed by atoms with E-state index >= 15 is 0 Å². The summed E-state index contributed by atoms with van der Waals surface area (Å²) in [6.07, 6.45) is 7.42. The summed E-state index contributed by atoms with van der Waals surface area (Å²) >= 11 is 1.75. The Labute approximate surface area is 169 Å². The lowest BCUT2D eigenvalue weighted by molar-refractivity contribution is 0.0680. The van der Waals surface area contributed by atoms with Crippen molar-refractivity contribution >= 4 is 23.3 Å². The van der Waals surface area contributed by atoms with Crippen LogP contribution in [0.3, 0.4) is 0 Å². The van der Waals surface area contributed by atoms with Crippen molar-refractivity contribution in [3.05, 3.63) is 66.1 Å². The van der Waals surface area contributed by atoms with Crippen molar-refractivity contribution in [2.24, 2.45) is 0 Å². The molecule has 1 N–H and O–H groups in total. The number of hydrogen-bond donors (Lipinski definition) is 1. The Balaban J connectivity index is 1.25. The van der Waals surface area contributed by atoms with Crippen LogP contribution in [0.4, 0.5) is 0 Å². The molecule has 2 atom stereocenters. The third-order valence-corrected chi connectivity index (χ3v) is 6.84. The highest BCUT2D eigenvalue weighted by atomic mass is 32.2. The Kier molecular flexibility index (Phi) is 4.82. The second-order valence-corrected chi connectivity index (χ2v) is 8.65. The highest BCUT2D eigenvalue weighted by molar-refractivity contribution is 7.98. The smallest absolute Gasteiger partial charge is 0.254 e. The normalized spacial score (nSPS) is 21.8. The molecule has 2 aliphatic rings. The standard InChI is InChI=1S/C22H24N4OS/c27-22(26-18-6-7-19(26)13-23-11-10-18)16-4-8-20(9-5-16)28-15-17-14-25-12-2-1-3-21(25)24-17/h1-5,8-9,12,14,18-19,23H,6-7,10-11,13,15H2. The van der Waals surface area contributed by atoms with Gasteiger partial charge >= 0.3 is 0 Å². The molecule has 6 heteroatoms. The maximum absolute atomic E-state index is 13.1. The molecule has 5 rings (SSSR count). The van der Waals surface area contributed by atoms with E-state index in [9.17, 15) is 4.79 Å². The molecule has 28 heavy (non-hydrogen) atoms. The first-order valence-corrected chi connectivity index (χ1v) is 11.0. The van der Waals surface area contributed by atoms with Gasteiger partial charge in [-0.05, 0) is 62.2 Å². The Hall–Kier alpha value is -2.31. The number of aromatic nitrogens is 2. The Bertz CT molecular complexity index is 937. The van der Waals surface area contributed by atoms with E-state index in [1.165, 1.54) is 0 Å². The van der Waals surface area contributed by atoms with Crippen molar-refractivity contribution in [2.45, 2.75) is 42.0 Å². The largest absolute Gasteiger partial charge is 0.331 e. The van der Waals surface area contributed by atoms with E-state index < -0.39 is 0 Å². The van der Waals surface area contributed by atoms with E-state index in [2.05, 4.69) is 33.5 Å². The molecule has 0 spiro atoms. The lowest BCUT2D eigenvalue weighted by Gasteiger charge is -2.28. The first-order valence-electron chi connectivity index (χ1n) is 9.97. The van der Waals surface area contributed by atoms with Crippen molar-refractivity contribution in [3.8, 4) is 0 Å². The number of carbonyl (C=O) groups is 1.